The van der Waals surface area contributed by atoms with Gasteiger partial charge in [-0.15, -0.1) is 0 Å². The highest BCUT2D eigenvalue weighted by Crippen LogP contribution is 2.43. The van der Waals surface area contributed by atoms with E-state index in [4.69, 9.17) is 28.3 Å². The van der Waals surface area contributed by atoms with E-state index in [-0.39, 0.29) is 36.6 Å². The van der Waals surface area contributed by atoms with Crippen molar-refractivity contribution >= 4 is 100 Å². The highest BCUT2D eigenvalue weighted by molar-refractivity contribution is 9.10. The van der Waals surface area contributed by atoms with Crippen molar-refractivity contribution in [2.45, 2.75) is 77.8 Å². The lowest BCUT2D eigenvalue weighted by Crippen LogP contribution is -2.41. The summed E-state index contributed by atoms with van der Waals surface area (Å²) < 4.78 is 34.5. The summed E-state index contributed by atoms with van der Waals surface area (Å²) in [6.07, 6.45) is 0. The van der Waals surface area contributed by atoms with Gasteiger partial charge in [0.05, 0.1) is 46.1 Å². The molecule has 7 nitrogen and oxygen atoms in total. The highest BCUT2D eigenvalue weighted by Gasteiger charge is 2.53. The maximum atomic E-state index is 6.10. The minimum atomic E-state index is -0.345. The predicted octanol–water partition coefficient (Wildman–Crippen LogP) is 10.5. The van der Waals surface area contributed by atoms with Crippen molar-refractivity contribution in [1.29, 1.82) is 0 Å². The number of methoxy groups -OCH3 is 1. The fraction of sp³-hybridized carbons (Fsp3) is 0.311. The fourth-order valence-electron chi connectivity index (χ4n) is 7.53. The lowest BCUT2D eigenvalue weighted by atomic mass is 9.74. The Kier molecular flexibility index (Phi) is 9.78. The van der Waals surface area contributed by atoms with Gasteiger partial charge in [-0.05, 0) is 118 Å². The standard InChI is InChI=1S/C27H18Br2N2O.C18H28B2O4/c1-31-26-22-14-17(29)9-11-20(22)19-10-8-16(28)13-21(19)25(26)30-27(31)24-18-6-4-3-5-15(18)7-12-23(24)32-2;1-15(2)16(3,4)22-19(21-15)13-9-11-14(12-10-13)20-23-17(5,6)18(7,8)24-20/h3-14H,1-2H3;9-12H,1-8H3. The number of rotatable bonds is 4. The zero-order valence-electron chi connectivity index (χ0n) is 33.6. The molecule has 2 aliphatic rings. The molecule has 2 saturated heterocycles. The van der Waals surface area contributed by atoms with Gasteiger partial charge in [-0.1, -0.05) is 98.6 Å². The van der Waals surface area contributed by atoms with Gasteiger partial charge in [-0.2, -0.15) is 0 Å². The van der Waals surface area contributed by atoms with E-state index in [1.54, 1.807) is 7.11 Å². The summed E-state index contributed by atoms with van der Waals surface area (Å²) in [4.78, 5) is 5.24. The van der Waals surface area contributed by atoms with Crippen molar-refractivity contribution in [3.05, 3.63) is 106 Å². The van der Waals surface area contributed by atoms with Gasteiger partial charge in [0.2, 0.25) is 0 Å². The van der Waals surface area contributed by atoms with Crippen molar-refractivity contribution in [3.63, 3.8) is 0 Å². The number of aromatic nitrogens is 2. The summed E-state index contributed by atoms with van der Waals surface area (Å²) in [6.45, 7) is 16.5. The molecule has 0 atom stereocenters. The van der Waals surface area contributed by atoms with Crippen molar-refractivity contribution in [2.24, 2.45) is 7.05 Å². The van der Waals surface area contributed by atoms with E-state index in [9.17, 15) is 0 Å². The third-order valence-electron chi connectivity index (χ3n) is 12.2. The number of halogens is 2. The van der Waals surface area contributed by atoms with Crippen LogP contribution in [0.3, 0.4) is 0 Å². The molecule has 3 heterocycles. The second-order valence-electron chi connectivity index (χ2n) is 16.8. The number of hydrogen-bond acceptors (Lipinski definition) is 6. The number of imidazole rings is 1. The van der Waals surface area contributed by atoms with Crippen LogP contribution in [0.25, 0.3) is 54.7 Å². The van der Waals surface area contributed by atoms with Crippen LogP contribution in [0.15, 0.2) is 106 Å². The minimum absolute atomic E-state index is 0.331. The van der Waals surface area contributed by atoms with E-state index < -0.39 is 0 Å². The molecule has 56 heavy (non-hydrogen) atoms. The first-order valence-corrected chi connectivity index (χ1v) is 20.5. The van der Waals surface area contributed by atoms with Crippen LogP contribution in [0.5, 0.6) is 5.75 Å². The van der Waals surface area contributed by atoms with Gasteiger partial charge in [-0.3, -0.25) is 0 Å². The van der Waals surface area contributed by atoms with Gasteiger partial charge in [0.1, 0.15) is 11.6 Å². The molecule has 0 unspecified atom stereocenters. The highest BCUT2D eigenvalue weighted by atomic mass is 79.9. The van der Waals surface area contributed by atoms with E-state index in [1.165, 1.54) is 16.2 Å². The van der Waals surface area contributed by atoms with Crippen LogP contribution in [-0.4, -0.2) is 53.3 Å². The van der Waals surface area contributed by atoms with Crippen LogP contribution in [0, 0.1) is 0 Å². The van der Waals surface area contributed by atoms with Gasteiger partial charge < -0.3 is 27.9 Å². The Morgan fingerprint density at radius 2 is 1.05 bits per heavy atom. The molecule has 0 aliphatic carbocycles. The summed E-state index contributed by atoms with van der Waals surface area (Å²) >= 11 is 7.33. The largest absolute Gasteiger partial charge is 0.496 e. The maximum absolute atomic E-state index is 6.10. The average molecular weight is 876 g/mol. The molecule has 2 aliphatic heterocycles. The molecule has 0 bridgehead atoms. The molecule has 0 saturated carbocycles. The second kappa shape index (κ2) is 14.0. The molecular weight excluding hydrogens is 830 g/mol. The summed E-state index contributed by atoms with van der Waals surface area (Å²) in [5.74, 6) is 1.71. The lowest BCUT2D eigenvalue weighted by Gasteiger charge is -2.32. The Morgan fingerprint density at radius 1 is 0.571 bits per heavy atom. The third-order valence-corrected chi connectivity index (χ3v) is 13.2. The third kappa shape index (κ3) is 6.58. The van der Waals surface area contributed by atoms with E-state index in [1.807, 2.05) is 30.3 Å². The summed E-state index contributed by atoms with van der Waals surface area (Å²) in [5, 5.41) is 6.99. The zero-order chi connectivity index (χ0) is 39.9. The Labute approximate surface area is 346 Å². The molecule has 0 spiro atoms. The van der Waals surface area contributed by atoms with Crippen LogP contribution in [-0.2, 0) is 25.7 Å². The molecular formula is C45H46B2Br2N2O5. The van der Waals surface area contributed by atoms with Gasteiger partial charge in [0.15, 0.2) is 0 Å². The lowest BCUT2D eigenvalue weighted by molar-refractivity contribution is 0.00578. The first-order valence-electron chi connectivity index (χ1n) is 19.0. The number of nitrogens with zero attached hydrogens (tertiary/aromatic N) is 2. The van der Waals surface area contributed by atoms with Crippen molar-refractivity contribution in [3.8, 4) is 17.1 Å². The van der Waals surface area contributed by atoms with E-state index in [0.29, 0.717) is 0 Å². The maximum Gasteiger partial charge on any atom is 0.494 e. The molecule has 0 radical (unpaired) electrons. The summed E-state index contributed by atoms with van der Waals surface area (Å²) in [6, 6.07) is 33.5. The van der Waals surface area contributed by atoms with Crippen LogP contribution in [0.1, 0.15) is 55.4 Å². The van der Waals surface area contributed by atoms with E-state index in [2.05, 4.69) is 166 Å². The Balaban J connectivity index is 0.000000165. The summed E-state index contributed by atoms with van der Waals surface area (Å²) in [7, 11) is 3.12. The minimum Gasteiger partial charge on any atom is -0.496 e. The van der Waals surface area contributed by atoms with E-state index >= 15 is 0 Å². The first kappa shape index (κ1) is 39.1. The van der Waals surface area contributed by atoms with E-state index in [0.717, 1.165) is 64.2 Å². The zero-order valence-corrected chi connectivity index (χ0v) is 36.8. The Hall–Kier alpha value is -3.70. The molecule has 11 heteroatoms. The van der Waals surface area contributed by atoms with Crippen molar-refractivity contribution in [2.75, 3.05) is 7.11 Å². The number of fused-ring (bicyclic) bond motifs is 7. The number of ether oxygens (including phenoxy) is 1. The van der Waals surface area contributed by atoms with Gasteiger partial charge in [-0.25, -0.2) is 4.98 Å². The molecule has 286 valence electrons. The predicted molar refractivity (Wildman–Crippen MR) is 238 cm³/mol. The van der Waals surface area contributed by atoms with Crippen molar-refractivity contribution < 1.29 is 23.4 Å². The van der Waals surface area contributed by atoms with Gasteiger partial charge in [0.25, 0.3) is 0 Å². The molecule has 6 aromatic carbocycles. The van der Waals surface area contributed by atoms with Gasteiger partial charge in [0, 0.05) is 26.8 Å². The Morgan fingerprint density at radius 3 is 1.57 bits per heavy atom. The number of aryl methyl sites for hydroxylation is 1. The van der Waals surface area contributed by atoms with Crippen LogP contribution in [0.4, 0.5) is 0 Å². The van der Waals surface area contributed by atoms with Crippen LogP contribution >= 0.6 is 31.9 Å². The van der Waals surface area contributed by atoms with Crippen LogP contribution < -0.4 is 15.7 Å². The second-order valence-corrected chi connectivity index (χ2v) is 18.6. The quantitative estimate of drug-likeness (QED) is 0.130. The monoisotopic (exact) mass is 874 g/mol. The first-order chi connectivity index (χ1) is 26.4. The molecule has 0 amide bonds. The molecule has 0 N–H and O–H groups in total. The molecule has 9 rings (SSSR count). The topological polar surface area (TPSA) is 64.0 Å². The van der Waals surface area contributed by atoms with Crippen LogP contribution in [0.2, 0.25) is 0 Å². The molecule has 2 fully saturated rings. The Bertz CT molecular complexity index is 2570. The normalized spacial score (nSPS) is 18.2. The van der Waals surface area contributed by atoms with Gasteiger partial charge >= 0.3 is 14.2 Å². The van der Waals surface area contributed by atoms with Crippen molar-refractivity contribution in [1.82, 2.24) is 9.55 Å². The molecule has 1 aromatic heterocycles. The summed E-state index contributed by atoms with van der Waals surface area (Å²) in [5.41, 5.74) is 3.79. The fourth-order valence-corrected chi connectivity index (χ4v) is 8.26. The number of hydrogen-bond donors (Lipinski definition) is 0. The number of benzene rings is 6. The smallest absolute Gasteiger partial charge is 0.494 e. The SMILES string of the molecule is CC1(C)OB(c2ccc(B3OC(C)(C)C(C)(C)O3)cc2)OC1(C)C.COc1ccc2ccccc2c1-c1nc2c3cc(Br)ccc3c3ccc(Br)cc3c2n1C. The molecule has 7 aromatic rings. The average Bonchev–Trinajstić information content (AvgIpc) is 3.70.